The van der Waals surface area contributed by atoms with Crippen molar-refractivity contribution in [3.8, 4) is 5.75 Å². The monoisotopic (exact) mass is 258 g/mol. The zero-order chi connectivity index (χ0) is 13.8. The van der Waals surface area contributed by atoms with Gasteiger partial charge in [0.1, 0.15) is 12.4 Å². The van der Waals surface area contributed by atoms with Crippen LogP contribution in [-0.4, -0.2) is 23.6 Å². The number of aliphatic hydroxyl groups is 1. The van der Waals surface area contributed by atoms with Gasteiger partial charge in [-0.2, -0.15) is 0 Å². The number of carbonyl (C=O) groups is 1. The molecule has 2 rings (SSSR count). The standard InChI is InChI=1S/C16H18O3/c1-3-15(18)13-8-9-16(19-10-11(2)17)14-7-5-4-6-12(13)14/h4-9,11,17H,3,10H2,1-2H3. The lowest BCUT2D eigenvalue weighted by atomic mass is 9.99. The Morgan fingerprint density at radius 2 is 1.89 bits per heavy atom. The number of hydrogen-bond donors (Lipinski definition) is 1. The maximum atomic E-state index is 11.9. The first-order valence-corrected chi connectivity index (χ1v) is 6.49. The van der Waals surface area contributed by atoms with Crippen molar-refractivity contribution in [1.29, 1.82) is 0 Å². The van der Waals surface area contributed by atoms with Crippen molar-refractivity contribution >= 4 is 16.6 Å². The van der Waals surface area contributed by atoms with Crippen molar-refractivity contribution in [1.82, 2.24) is 0 Å². The van der Waals surface area contributed by atoms with E-state index in [4.69, 9.17) is 4.74 Å². The van der Waals surface area contributed by atoms with Crippen LogP contribution in [0.4, 0.5) is 0 Å². The maximum absolute atomic E-state index is 11.9. The predicted molar refractivity (Wildman–Crippen MR) is 75.7 cm³/mol. The summed E-state index contributed by atoms with van der Waals surface area (Å²) in [6.45, 7) is 3.77. The number of carbonyl (C=O) groups excluding carboxylic acids is 1. The van der Waals surface area contributed by atoms with Crippen LogP contribution in [0.5, 0.6) is 5.75 Å². The van der Waals surface area contributed by atoms with E-state index >= 15 is 0 Å². The van der Waals surface area contributed by atoms with E-state index in [9.17, 15) is 9.90 Å². The summed E-state index contributed by atoms with van der Waals surface area (Å²) in [6, 6.07) is 11.3. The van der Waals surface area contributed by atoms with E-state index in [0.717, 1.165) is 16.3 Å². The highest BCUT2D eigenvalue weighted by Crippen LogP contribution is 2.29. The molecule has 3 heteroatoms. The van der Waals surface area contributed by atoms with Crippen LogP contribution in [0.1, 0.15) is 30.6 Å². The summed E-state index contributed by atoms with van der Waals surface area (Å²) in [5.41, 5.74) is 0.725. The SMILES string of the molecule is CCC(=O)c1ccc(OCC(C)O)c2ccccc12. The summed E-state index contributed by atoms with van der Waals surface area (Å²) in [6.07, 6.45) is -0.0339. The quantitative estimate of drug-likeness (QED) is 0.838. The van der Waals surface area contributed by atoms with E-state index < -0.39 is 6.10 Å². The molecule has 2 aromatic carbocycles. The summed E-state index contributed by atoms with van der Waals surface area (Å²) in [4.78, 5) is 11.9. The summed E-state index contributed by atoms with van der Waals surface area (Å²) in [5, 5.41) is 11.1. The minimum Gasteiger partial charge on any atom is -0.490 e. The third-order valence-corrected chi connectivity index (χ3v) is 2.99. The van der Waals surface area contributed by atoms with Crippen LogP contribution in [0.2, 0.25) is 0 Å². The summed E-state index contributed by atoms with van der Waals surface area (Å²) < 4.78 is 5.59. The molecule has 0 spiro atoms. The first-order chi connectivity index (χ1) is 9.13. The van der Waals surface area contributed by atoms with Crippen LogP contribution in [0, 0.1) is 0 Å². The molecule has 0 saturated heterocycles. The fraction of sp³-hybridized carbons (Fsp3) is 0.312. The molecule has 0 aliphatic rings. The van der Waals surface area contributed by atoms with Gasteiger partial charge in [0.25, 0.3) is 0 Å². The third kappa shape index (κ3) is 2.93. The Kier molecular flexibility index (Phi) is 4.17. The van der Waals surface area contributed by atoms with E-state index in [0.29, 0.717) is 12.2 Å². The molecule has 0 aromatic heterocycles. The zero-order valence-corrected chi connectivity index (χ0v) is 11.2. The van der Waals surface area contributed by atoms with Crippen molar-refractivity contribution in [2.24, 2.45) is 0 Å². The molecule has 1 N–H and O–H groups in total. The third-order valence-electron chi connectivity index (χ3n) is 2.99. The number of aliphatic hydroxyl groups excluding tert-OH is 1. The van der Waals surface area contributed by atoms with Crippen LogP contribution < -0.4 is 4.74 Å². The van der Waals surface area contributed by atoms with Gasteiger partial charge in [0, 0.05) is 17.4 Å². The van der Waals surface area contributed by atoms with Crippen LogP contribution >= 0.6 is 0 Å². The molecular formula is C16H18O3. The van der Waals surface area contributed by atoms with Gasteiger partial charge in [-0.3, -0.25) is 4.79 Å². The molecule has 0 saturated carbocycles. The fourth-order valence-corrected chi connectivity index (χ4v) is 2.04. The van der Waals surface area contributed by atoms with Gasteiger partial charge in [0.2, 0.25) is 0 Å². The first kappa shape index (κ1) is 13.6. The Bertz CT molecular complexity index is 588. The Balaban J connectivity index is 2.49. The molecular weight excluding hydrogens is 240 g/mol. The molecule has 0 heterocycles. The number of hydrogen-bond acceptors (Lipinski definition) is 3. The zero-order valence-electron chi connectivity index (χ0n) is 11.2. The first-order valence-electron chi connectivity index (χ1n) is 6.49. The van der Waals surface area contributed by atoms with Crippen molar-refractivity contribution in [3.63, 3.8) is 0 Å². The van der Waals surface area contributed by atoms with Gasteiger partial charge < -0.3 is 9.84 Å². The summed E-state index contributed by atoms with van der Waals surface area (Å²) in [5.74, 6) is 0.822. The van der Waals surface area contributed by atoms with Gasteiger partial charge in [-0.05, 0) is 24.4 Å². The molecule has 0 aliphatic heterocycles. The number of Topliss-reactive ketones (excluding diaryl/α,β-unsaturated/α-hetero) is 1. The van der Waals surface area contributed by atoms with Gasteiger partial charge in [-0.25, -0.2) is 0 Å². The van der Waals surface area contributed by atoms with Crippen molar-refractivity contribution in [3.05, 3.63) is 42.0 Å². The number of benzene rings is 2. The van der Waals surface area contributed by atoms with Crippen LogP contribution in [0.3, 0.4) is 0 Å². The lowest BCUT2D eigenvalue weighted by molar-refractivity contribution is 0.0989. The molecule has 0 aliphatic carbocycles. The average molecular weight is 258 g/mol. The maximum Gasteiger partial charge on any atom is 0.163 e. The average Bonchev–Trinajstić information content (AvgIpc) is 2.43. The van der Waals surface area contributed by atoms with Crippen LogP contribution in [0.15, 0.2) is 36.4 Å². The molecule has 1 unspecified atom stereocenters. The van der Waals surface area contributed by atoms with Gasteiger partial charge in [-0.1, -0.05) is 31.2 Å². The van der Waals surface area contributed by atoms with Gasteiger partial charge in [0.15, 0.2) is 5.78 Å². The van der Waals surface area contributed by atoms with Crippen molar-refractivity contribution in [2.75, 3.05) is 6.61 Å². The molecule has 2 aromatic rings. The van der Waals surface area contributed by atoms with E-state index in [2.05, 4.69) is 0 Å². The summed E-state index contributed by atoms with van der Waals surface area (Å²) in [7, 11) is 0. The number of ketones is 1. The predicted octanol–water partition coefficient (Wildman–Crippen LogP) is 3.19. The molecule has 1 atom stereocenters. The molecule has 100 valence electrons. The van der Waals surface area contributed by atoms with Crippen LogP contribution in [-0.2, 0) is 0 Å². The van der Waals surface area contributed by atoms with E-state index in [1.165, 1.54) is 0 Å². The van der Waals surface area contributed by atoms with E-state index in [-0.39, 0.29) is 12.4 Å². The highest BCUT2D eigenvalue weighted by atomic mass is 16.5. The highest BCUT2D eigenvalue weighted by Gasteiger charge is 2.11. The lowest BCUT2D eigenvalue weighted by Gasteiger charge is -2.12. The van der Waals surface area contributed by atoms with Gasteiger partial charge in [0.05, 0.1) is 6.10 Å². The van der Waals surface area contributed by atoms with E-state index in [1.807, 2.05) is 31.2 Å². The molecule has 0 fully saturated rings. The molecule has 3 nitrogen and oxygen atoms in total. The van der Waals surface area contributed by atoms with Crippen molar-refractivity contribution in [2.45, 2.75) is 26.4 Å². The lowest BCUT2D eigenvalue weighted by Crippen LogP contribution is -2.13. The smallest absolute Gasteiger partial charge is 0.163 e. The van der Waals surface area contributed by atoms with Gasteiger partial charge in [-0.15, -0.1) is 0 Å². The normalized spacial score (nSPS) is 12.4. The molecule has 19 heavy (non-hydrogen) atoms. The Morgan fingerprint density at radius 3 is 2.53 bits per heavy atom. The summed E-state index contributed by atoms with van der Waals surface area (Å²) >= 11 is 0. The minimum atomic E-state index is -0.518. The van der Waals surface area contributed by atoms with E-state index in [1.54, 1.807) is 19.1 Å². The topological polar surface area (TPSA) is 46.5 Å². The Morgan fingerprint density at radius 1 is 1.21 bits per heavy atom. The largest absolute Gasteiger partial charge is 0.490 e. The highest BCUT2D eigenvalue weighted by molar-refractivity contribution is 6.09. The number of ether oxygens (including phenoxy) is 1. The second-order valence-corrected chi connectivity index (χ2v) is 4.59. The van der Waals surface area contributed by atoms with Crippen LogP contribution in [0.25, 0.3) is 10.8 Å². The number of fused-ring (bicyclic) bond motifs is 1. The second-order valence-electron chi connectivity index (χ2n) is 4.59. The molecule has 0 radical (unpaired) electrons. The molecule has 0 bridgehead atoms. The molecule has 0 amide bonds. The van der Waals surface area contributed by atoms with Gasteiger partial charge >= 0.3 is 0 Å². The Hall–Kier alpha value is -1.87. The Labute approximate surface area is 112 Å². The van der Waals surface area contributed by atoms with Crippen molar-refractivity contribution < 1.29 is 14.6 Å². The minimum absolute atomic E-state index is 0.123. The fourth-order valence-electron chi connectivity index (χ4n) is 2.04. The number of rotatable bonds is 5. The second kappa shape index (κ2) is 5.85.